The zero-order valence-electron chi connectivity index (χ0n) is 13.2. The molecule has 5 nitrogen and oxygen atoms in total. The van der Waals surface area contributed by atoms with Crippen LogP contribution in [-0.2, 0) is 9.59 Å². The summed E-state index contributed by atoms with van der Waals surface area (Å²) in [6.45, 7) is 3.78. The van der Waals surface area contributed by atoms with Crippen LogP contribution in [0.4, 0.5) is 5.69 Å². The first-order valence-corrected chi connectivity index (χ1v) is 7.78. The van der Waals surface area contributed by atoms with E-state index in [0.29, 0.717) is 11.6 Å². The average molecular weight is 301 g/mol. The molecule has 0 spiro atoms. The van der Waals surface area contributed by atoms with Gasteiger partial charge in [-0.3, -0.25) is 9.59 Å². The quantitative estimate of drug-likeness (QED) is 0.512. The second-order valence-corrected chi connectivity index (χ2v) is 5.84. The molecular formula is C17H23N3O2. The molecule has 1 fully saturated rings. The molecule has 0 heterocycles. The third-order valence-corrected chi connectivity index (χ3v) is 4.03. The highest BCUT2D eigenvalue weighted by molar-refractivity contribution is 6.39. The van der Waals surface area contributed by atoms with Crippen molar-refractivity contribution in [2.45, 2.75) is 46.0 Å². The van der Waals surface area contributed by atoms with E-state index in [9.17, 15) is 9.59 Å². The molecule has 0 aromatic heterocycles. The molecule has 5 heteroatoms. The topological polar surface area (TPSA) is 70.6 Å². The molecule has 22 heavy (non-hydrogen) atoms. The summed E-state index contributed by atoms with van der Waals surface area (Å²) in [7, 11) is 0. The van der Waals surface area contributed by atoms with Crippen molar-refractivity contribution < 1.29 is 9.59 Å². The lowest BCUT2D eigenvalue weighted by Gasteiger charge is -2.16. The van der Waals surface area contributed by atoms with Crippen LogP contribution < -0.4 is 10.7 Å². The van der Waals surface area contributed by atoms with Crippen LogP contribution in [0.25, 0.3) is 0 Å². The Morgan fingerprint density at radius 2 is 1.73 bits per heavy atom. The van der Waals surface area contributed by atoms with Crippen LogP contribution in [0.3, 0.4) is 0 Å². The minimum absolute atomic E-state index is 0.413. The Morgan fingerprint density at radius 3 is 2.36 bits per heavy atom. The lowest BCUT2D eigenvalue weighted by Crippen LogP contribution is -2.33. The Hall–Kier alpha value is -2.17. The van der Waals surface area contributed by atoms with Gasteiger partial charge in [0.2, 0.25) is 0 Å². The summed E-state index contributed by atoms with van der Waals surface area (Å²) in [5, 5.41) is 6.56. The largest absolute Gasteiger partial charge is 0.329 e. The fourth-order valence-corrected chi connectivity index (χ4v) is 2.72. The van der Waals surface area contributed by atoms with E-state index in [0.717, 1.165) is 24.0 Å². The molecule has 0 saturated heterocycles. The van der Waals surface area contributed by atoms with Crippen LogP contribution in [0.1, 0.15) is 43.2 Å². The van der Waals surface area contributed by atoms with Crippen molar-refractivity contribution in [1.82, 2.24) is 5.43 Å². The zero-order chi connectivity index (χ0) is 15.9. The number of rotatable bonds is 3. The zero-order valence-corrected chi connectivity index (χ0v) is 13.2. The van der Waals surface area contributed by atoms with Gasteiger partial charge in [-0.1, -0.05) is 37.5 Å². The number of hydrogen-bond acceptors (Lipinski definition) is 3. The van der Waals surface area contributed by atoms with Gasteiger partial charge in [-0.15, -0.1) is 0 Å². The number of amides is 2. The highest BCUT2D eigenvalue weighted by atomic mass is 16.2. The van der Waals surface area contributed by atoms with Gasteiger partial charge in [0.25, 0.3) is 0 Å². The maximum absolute atomic E-state index is 11.9. The number of benzene rings is 1. The first-order chi connectivity index (χ1) is 10.6. The van der Waals surface area contributed by atoms with Crippen molar-refractivity contribution in [3.63, 3.8) is 0 Å². The normalized spacial score (nSPS) is 15.7. The Labute approximate surface area is 131 Å². The summed E-state index contributed by atoms with van der Waals surface area (Å²) in [5.41, 5.74) is 4.83. The predicted molar refractivity (Wildman–Crippen MR) is 87.8 cm³/mol. The Kier molecular flexibility index (Phi) is 5.69. The molecule has 0 radical (unpaired) electrons. The first-order valence-electron chi connectivity index (χ1n) is 7.78. The standard InChI is InChI=1S/C17H23N3O2/c1-12-7-6-8-13(2)15(12)19-16(21)17(22)20-18-11-14-9-4-3-5-10-14/h6-8,11,14H,3-5,9-10H2,1-2H3,(H,19,21)(H,20,22)/b18-11+. The summed E-state index contributed by atoms with van der Waals surface area (Å²) in [4.78, 5) is 23.7. The molecule has 1 aliphatic carbocycles. The molecule has 1 aromatic rings. The molecule has 2 N–H and O–H groups in total. The van der Waals surface area contributed by atoms with E-state index < -0.39 is 11.8 Å². The van der Waals surface area contributed by atoms with Gasteiger partial charge in [-0.25, -0.2) is 5.43 Å². The Morgan fingerprint density at radius 1 is 1.09 bits per heavy atom. The second kappa shape index (κ2) is 7.73. The van der Waals surface area contributed by atoms with E-state index >= 15 is 0 Å². The predicted octanol–water partition coefficient (Wildman–Crippen LogP) is 2.92. The van der Waals surface area contributed by atoms with E-state index in [-0.39, 0.29) is 0 Å². The molecule has 2 rings (SSSR count). The molecule has 0 aliphatic heterocycles. The molecule has 0 unspecified atom stereocenters. The summed E-state index contributed by atoms with van der Waals surface area (Å²) in [6, 6.07) is 5.69. The van der Waals surface area contributed by atoms with Gasteiger partial charge in [-0.05, 0) is 43.7 Å². The second-order valence-electron chi connectivity index (χ2n) is 5.84. The van der Waals surface area contributed by atoms with Crippen molar-refractivity contribution in [3.05, 3.63) is 29.3 Å². The van der Waals surface area contributed by atoms with Gasteiger partial charge < -0.3 is 5.32 Å². The maximum atomic E-state index is 11.9. The molecule has 1 aromatic carbocycles. The van der Waals surface area contributed by atoms with Crippen LogP contribution >= 0.6 is 0 Å². The van der Waals surface area contributed by atoms with E-state index in [2.05, 4.69) is 15.8 Å². The fraction of sp³-hybridized carbons (Fsp3) is 0.471. The van der Waals surface area contributed by atoms with Gasteiger partial charge in [0.1, 0.15) is 0 Å². The highest BCUT2D eigenvalue weighted by Gasteiger charge is 2.16. The van der Waals surface area contributed by atoms with E-state index in [1.165, 1.54) is 19.3 Å². The number of anilines is 1. The Balaban J connectivity index is 1.87. The minimum Gasteiger partial charge on any atom is -0.317 e. The van der Waals surface area contributed by atoms with Crippen molar-refractivity contribution in [2.75, 3.05) is 5.32 Å². The van der Waals surface area contributed by atoms with Crippen LogP contribution in [0.15, 0.2) is 23.3 Å². The fourth-order valence-electron chi connectivity index (χ4n) is 2.72. The van der Waals surface area contributed by atoms with E-state index in [1.54, 1.807) is 6.21 Å². The number of carbonyl (C=O) groups excluding carboxylic acids is 2. The number of hydrazone groups is 1. The number of nitrogens with one attached hydrogen (secondary N) is 2. The molecule has 0 bridgehead atoms. The van der Waals surface area contributed by atoms with Gasteiger partial charge in [0.05, 0.1) is 0 Å². The number of hydrogen-bond donors (Lipinski definition) is 2. The summed E-state index contributed by atoms with van der Waals surface area (Å²) in [5.74, 6) is -1.02. The lowest BCUT2D eigenvalue weighted by molar-refractivity contribution is -0.136. The number of aryl methyl sites for hydroxylation is 2. The molecule has 1 saturated carbocycles. The summed E-state index contributed by atoms with van der Waals surface area (Å²) in [6.07, 6.45) is 7.65. The van der Waals surface area contributed by atoms with Crippen LogP contribution in [0, 0.1) is 19.8 Å². The first kappa shape index (κ1) is 16.2. The highest BCUT2D eigenvalue weighted by Crippen LogP contribution is 2.21. The molecule has 2 amide bonds. The average Bonchev–Trinajstić information content (AvgIpc) is 2.52. The molecular weight excluding hydrogens is 278 g/mol. The van der Waals surface area contributed by atoms with Crippen molar-refractivity contribution in [3.8, 4) is 0 Å². The van der Waals surface area contributed by atoms with Crippen LogP contribution in [-0.4, -0.2) is 18.0 Å². The SMILES string of the molecule is Cc1cccc(C)c1NC(=O)C(=O)N/N=C/C1CCCCC1. The Bertz CT molecular complexity index is 555. The smallest absolute Gasteiger partial charge is 0.317 e. The van der Waals surface area contributed by atoms with Gasteiger partial charge in [-0.2, -0.15) is 5.10 Å². The third kappa shape index (κ3) is 4.41. The van der Waals surface area contributed by atoms with E-state index in [4.69, 9.17) is 0 Å². The number of carbonyl (C=O) groups is 2. The van der Waals surface area contributed by atoms with Gasteiger partial charge in [0, 0.05) is 11.9 Å². The van der Waals surface area contributed by atoms with Gasteiger partial charge >= 0.3 is 11.8 Å². The number of para-hydroxylation sites is 1. The molecule has 1 aliphatic rings. The lowest BCUT2D eigenvalue weighted by atomic mass is 9.90. The van der Waals surface area contributed by atoms with E-state index in [1.807, 2.05) is 32.0 Å². The molecule has 0 atom stereocenters. The maximum Gasteiger partial charge on any atom is 0.329 e. The van der Waals surface area contributed by atoms with Crippen molar-refractivity contribution >= 4 is 23.7 Å². The minimum atomic E-state index is -0.741. The van der Waals surface area contributed by atoms with Crippen molar-refractivity contribution in [2.24, 2.45) is 11.0 Å². The van der Waals surface area contributed by atoms with Gasteiger partial charge in [0.15, 0.2) is 0 Å². The molecule has 118 valence electrons. The third-order valence-electron chi connectivity index (χ3n) is 4.03. The summed E-state index contributed by atoms with van der Waals surface area (Å²) >= 11 is 0. The number of nitrogens with zero attached hydrogens (tertiary/aromatic N) is 1. The summed E-state index contributed by atoms with van der Waals surface area (Å²) < 4.78 is 0. The monoisotopic (exact) mass is 301 g/mol. The van der Waals surface area contributed by atoms with Crippen LogP contribution in [0.2, 0.25) is 0 Å². The van der Waals surface area contributed by atoms with Crippen molar-refractivity contribution in [1.29, 1.82) is 0 Å². The van der Waals surface area contributed by atoms with Crippen LogP contribution in [0.5, 0.6) is 0 Å².